The Morgan fingerprint density at radius 1 is 1.15 bits per heavy atom. The molecular formula is C26H30ClN3O3. The van der Waals surface area contributed by atoms with Crippen LogP contribution in [0, 0.1) is 6.92 Å². The second kappa shape index (κ2) is 11.2. The number of nitrogens with two attached hydrogens (primary N) is 2. The van der Waals surface area contributed by atoms with E-state index in [0.29, 0.717) is 28.5 Å². The quantitative estimate of drug-likeness (QED) is 0.183. The molecule has 174 valence electrons. The molecule has 0 spiro atoms. The predicted molar refractivity (Wildman–Crippen MR) is 133 cm³/mol. The SMILES string of the molecule is CCN(N)c1ccc(C(CC(=O)OCc2ccccc2)c2ccc(C)c(CO)c2)c(Cl)c1N. The molecule has 3 aromatic carbocycles. The number of hydrogen-bond acceptors (Lipinski definition) is 6. The Balaban J connectivity index is 1.95. The molecule has 0 fully saturated rings. The van der Waals surface area contributed by atoms with Gasteiger partial charge >= 0.3 is 5.97 Å². The standard InChI is InChI=1S/C26H30ClN3O3/c1-3-30(29)23-12-11-21(25(27)26(23)28)22(19-10-9-17(2)20(13-19)15-31)14-24(32)33-16-18-7-5-4-6-8-18/h4-13,22,31H,3,14-16,28-29H2,1-2H3. The van der Waals surface area contributed by atoms with Crippen LogP contribution in [0.25, 0.3) is 0 Å². The molecule has 7 heteroatoms. The van der Waals surface area contributed by atoms with Crippen molar-refractivity contribution in [3.05, 3.63) is 93.5 Å². The van der Waals surface area contributed by atoms with Gasteiger partial charge in [-0.15, -0.1) is 0 Å². The lowest BCUT2D eigenvalue weighted by Gasteiger charge is -2.24. The van der Waals surface area contributed by atoms with Crippen molar-refractivity contribution in [1.29, 1.82) is 0 Å². The van der Waals surface area contributed by atoms with Crippen molar-refractivity contribution in [2.45, 2.75) is 39.4 Å². The smallest absolute Gasteiger partial charge is 0.307 e. The van der Waals surface area contributed by atoms with Crippen LogP contribution in [0.4, 0.5) is 11.4 Å². The minimum atomic E-state index is -0.407. The van der Waals surface area contributed by atoms with Gasteiger partial charge in [0.2, 0.25) is 0 Å². The number of aliphatic hydroxyl groups is 1. The molecule has 0 amide bonds. The van der Waals surface area contributed by atoms with Crippen molar-refractivity contribution in [3.63, 3.8) is 0 Å². The van der Waals surface area contributed by atoms with Gasteiger partial charge in [0, 0.05) is 12.5 Å². The van der Waals surface area contributed by atoms with Gasteiger partial charge in [0.1, 0.15) is 6.61 Å². The Kier molecular flexibility index (Phi) is 8.33. The van der Waals surface area contributed by atoms with Crippen LogP contribution in [0.15, 0.2) is 60.7 Å². The van der Waals surface area contributed by atoms with E-state index in [1.807, 2.05) is 74.5 Å². The fourth-order valence-corrected chi connectivity index (χ4v) is 4.03. The summed E-state index contributed by atoms with van der Waals surface area (Å²) in [5, 5.41) is 11.6. The lowest BCUT2D eigenvalue weighted by atomic mass is 9.86. The number of rotatable bonds is 9. The zero-order chi connectivity index (χ0) is 24.0. The number of benzene rings is 3. The lowest BCUT2D eigenvalue weighted by Crippen LogP contribution is -2.31. The Morgan fingerprint density at radius 3 is 2.55 bits per heavy atom. The number of halogens is 1. The molecule has 0 saturated carbocycles. The van der Waals surface area contributed by atoms with Crippen LogP contribution in [0.2, 0.25) is 5.02 Å². The molecule has 0 bridgehead atoms. The third-order valence-electron chi connectivity index (χ3n) is 5.77. The van der Waals surface area contributed by atoms with E-state index in [1.165, 1.54) is 5.01 Å². The second-order valence-electron chi connectivity index (χ2n) is 7.93. The number of esters is 1. The van der Waals surface area contributed by atoms with Gasteiger partial charge in [-0.1, -0.05) is 66.2 Å². The van der Waals surface area contributed by atoms with E-state index >= 15 is 0 Å². The number of nitrogen functional groups attached to an aromatic ring is 1. The van der Waals surface area contributed by atoms with Crippen molar-refractivity contribution in [2.75, 3.05) is 17.3 Å². The Hall–Kier alpha value is -3.06. The van der Waals surface area contributed by atoms with E-state index in [9.17, 15) is 9.90 Å². The number of aliphatic hydroxyl groups excluding tert-OH is 1. The van der Waals surface area contributed by atoms with E-state index in [2.05, 4.69) is 0 Å². The van der Waals surface area contributed by atoms with Gasteiger partial charge in [0.15, 0.2) is 0 Å². The fraction of sp³-hybridized carbons (Fsp3) is 0.269. The summed E-state index contributed by atoms with van der Waals surface area (Å²) in [6.45, 7) is 4.50. The van der Waals surface area contributed by atoms with Crippen LogP contribution >= 0.6 is 11.6 Å². The highest BCUT2D eigenvalue weighted by Gasteiger charge is 2.25. The number of carbonyl (C=O) groups is 1. The number of aryl methyl sites for hydroxylation is 1. The zero-order valence-electron chi connectivity index (χ0n) is 18.9. The van der Waals surface area contributed by atoms with Crippen LogP contribution in [-0.4, -0.2) is 17.6 Å². The summed E-state index contributed by atoms with van der Waals surface area (Å²) in [6.07, 6.45) is 0.0688. The molecule has 5 N–H and O–H groups in total. The van der Waals surface area contributed by atoms with Gasteiger partial charge < -0.3 is 20.6 Å². The Labute approximate surface area is 199 Å². The molecule has 3 rings (SSSR count). The minimum Gasteiger partial charge on any atom is -0.461 e. The zero-order valence-corrected chi connectivity index (χ0v) is 19.7. The molecule has 0 radical (unpaired) electrons. The predicted octanol–water partition coefficient (Wildman–Crippen LogP) is 4.69. The van der Waals surface area contributed by atoms with Gasteiger partial charge in [0.25, 0.3) is 0 Å². The first kappa shape index (κ1) is 24.6. The summed E-state index contributed by atoms with van der Waals surface area (Å²) < 4.78 is 5.54. The molecule has 0 saturated heterocycles. The highest BCUT2D eigenvalue weighted by Crippen LogP contribution is 2.40. The van der Waals surface area contributed by atoms with Crippen LogP contribution in [0.3, 0.4) is 0 Å². The average Bonchev–Trinajstić information content (AvgIpc) is 2.83. The molecule has 0 aliphatic carbocycles. The highest BCUT2D eigenvalue weighted by atomic mass is 35.5. The summed E-state index contributed by atoms with van der Waals surface area (Å²) in [5.74, 6) is 5.26. The first-order chi connectivity index (χ1) is 15.8. The largest absolute Gasteiger partial charge is 0.461 e. The van der Waals surface area contributed by atoms with Gasteiger partial charge in [-0.25, -0.2) is 5.84 Å². The third-order valence-corrected chi connectivity index (χ3v) is 6.19. The van der Waals surface area contributed by atoms with Crippen molar-refractivity contribution in [1.82, 2.24) is 0 Å². The summed E-state index contributed by atoms with van der Waals surface area (Å²) >= 11 is 6.70. The third kappa shape index (κ3) is 5.85. The van der Waals surface area contributed by atoms with E-state index in [-0.39, 0.29) is 25.6 Å². The number of carbonyl (C=O) groups excluding carboxylic acids is 1. The molecular weight excluding hydrogens is 438 g/mol. The summed E-state index contributed by atoms with van der Waals surface area (Å²) in [6, 6.07) is 18.9. The first-order valence-electron chi connectivity index (χ1n) is 10.9. The lowest BCUT2D eigenvalue weighted by molar-refractivity contribution is -0.145. The van der Waals surface area contributed by atoms with Gasteiger partial charge in [-0.2, -0.15) is 0 Å². The van der Waals surface area contributed by atoms with Crippen molar-refractivity contribution < 1.29 is 14.6 Å². The number of hydrazine groups is 1. The summed E-state index contributed by atoms with van der Waals surface area (Å²) in [4.78, 5) is 12.8. The monoisotopic (exact) mass is 467 g/mol. The summed E-state index contributed by atoms with van der Waals surface area (Å²) in [5.41, 5.74) is 11.5. The van der Waals surface area contributed by atoms with E-state index in [0.717, 1.165) is 22.3 Å². The number of hydrogen-bond donors (Lipinski definition) is 3. The van der Waals surface area contributed by atoms with Crippen molar-refractivity contribution in [2.24, 2.45) is 5.84 Å². The van der Waals surface area contributed by atoms with Crippen LogP contribution < -0.4 is 16.6 Å². The molecule has 0 aliphatic rings. The molecule has 33 heavy (non-hydrogen) atoms. The molecule has 3 aromatic rings. The second-order valence-corrected chi connectivity index (χ2v) is 8.31. The van der Waals surface area contributed by atoms with Crippen LogP contribution in [-0.2, 0) is 22.7 Å². The molecule has 0 aliphatic heterocycles. The van der Waals surface area contributed by atoms with Crippen LogP contribution in [0.5, 0.6) is 0 Å². The minimum absolute atomic E-state index is 0.0688. The van der Waals surface area contributed by atoms with E-state index < -0.39 is 5.92 Å². The number of ether oxygens (including phenoxy) is 1. The molecule has 1 atom stereocenters. The van der Waals surface area contributed by atoms with Gasteiger partial charge in [0.05, 0.1) is 29.4 Å². The first-order valence-corrected chi connectivity index (χ1v) is 11.2. The van der Waals surface area contributed by atoms with Crippen molar-refractivity contribution >= 4 is 28.9 Å². The Morgan fingerprint density at radius 2 is 1.88 bits per heavy atom. The maximum absolute atomic E-state index is 12.8. The topological polar surface area (TPSA) is 102 Å². The number of nitrogens with zero attached hydrogens (tertiary/aromatic N) is 1. The van der Waals surface area contributed by atoms with Crippen LogP contribution in [0.1, 0.15) is 47.1 Å². The van der Waals surface area contributed by atoms with Crippen molar-refractivity contribution in [3.8, 4) is 0 Å². The van der Waals surface area contributed by atoms with E-state index in [1.54, 1.807) is 0 Å². The van der Waals surface area contributed by atoms with E-state index in [4.69, 9.17) is 27.9 Å². The van der Waals surface area contributed by atoms with Gasteiger partial charge in [-0.3, -0.25) is 4.79 Å². The molecule has 6 nitrogen and oxygen atoms in total. The molecule has 0 aromatic heterocycles. The Bertz CT molecular complexity index is 1110. The summed E-state index contributed by atoms with van der Waals surface area (Å²) in [7, 11) is 0. The highest BCUT2D eigenvalue weighted by molar-refractivity contribution is 6.34. The maximum atomic E-state index is 12.8. The number of anilines is 2. The van der Waals surface area contributed by atoms with Gasteiger partial charge in [-0.05, 0) is 47.7 Å². The maximum Gasteiger partial charge on any atom is 0.307 e. The molecule has 0 heterocycles. The fourth-order valence-electron chi connectivity index (χ4n) is 3.74. The average molecular weight is 468 g/mol. The molecule has 1 unspecified atom stereocenters. The normalized spacial score (nSPS) is 11.8.